The summed E-state index contributed by atoms with van der Waals surface area (Å²) in [7, 11) is 0. The molecule has 0 saturated heterocycles. The molecule has 0 spiro atoms. The monoisotopic (exact) mass is 278 g/mol. The first-order valence-electron chi connectivity index (χ1n) is 7.83. The maximum absolute atomic E-state index is 13.1. The second-order valence-electron chi connectivity index (χ2n) is 6.88. The molecular weight excluding hydrogens is 251 g/mol. The maximum atomic E-state index is 13.1. The molecule has 0 aromatic carbocycles. The summed E-state index contributed by atoms with van der Waals surface area (Å²) in [6, 6.07) is 3.99. The largest absolute Gasteiger partial charge is 0.306 e. The summed E-state index contributed by atoms with van der Waals surface area (Å²) in [5, 5.41) is 3.64. The van der Waals surface area contributed by atoms with Crippen LogP contribution < -0.4 is 5.32 Å². The van der Waals surface area contributed by atoms with Crippen molar-refractivity contribution in [1.29, 1.82) is 0 Å². The Morgan fingerprint density at radius 1 is 1.15 bits per heavy atom. The molecule has 2 nitrogen and oxygen atoms in total. The van der Waals surface area contributed by atoms with E-state index >= 15 is 0 Å². The van der Waals surface area contributed by atoms with Gasteiger partial charge in [0.15, 0.2) is 0 Å². The first-order chi connectivity index (χ1) is 9.45. The van der Waals surface area contributed by atoms with Gasteiger partial charge in [-0.25, -0.2) is 4.39 Å². The molecule has 0 radical (unpaired) electrons. The lowest BCUT2D eigenvalue weighted by Crippen LogP contribution is -2.37. The lowest BCUT2D eigenvalue weighted by atomic mass is 9.73. The molecule has 1 saturated carbocycles. The molecule has 3 unspecified atom stereocenters. The summed E-state index contributed by atoms with van der Waals surface area (Å²) in [6.45, 7) is 9.00. The molecule has 0 aliphatic heterocycles. The van der Waals surface area contributed by atoms with Gasteiger partial charge in [-0.3, -0.25) is 4.98 Å². The Kier molecular flexibility index (Phi) is 5.14. The highest BCUT2D eigenvalue weighted by molar-refractivity contribution is 5.12. The molecule has 1 aliphatic carbocycles. The number of nitrogens with zero attached hydrogens (tertiary/aromatic N) is 1. The van der Waals surface area contributed by atoms with Crippen molar-refractivity contribution in [2.75, 3.05) is 0 Å². The van der Waals surface area contributed by atoms with E-state index in [0.717, 1.165) is 17.5 Å². The van der Waals surface area contributed by atoms with E-state index in [-0.39, 0.29) is 11.9 Å². The third-order valence-electron chi connectivity index (χ3n) is 4.27. The molecule has 1 aromatic rings. The molecule has 1 aliphatic rings. The number of pyridine rings is 1. The average molecular weight is 278 g/mol. The second kappa shape index (κ2) is 6.66. The molecule has 1 N–H and O–H groups in total. The van der Waals surface area contributed by atoms with Crippen molar-refractivity contribution in [3.8, 4) is 0 Å². The van der Waals surface area contributed by atoms with Crippen molar-refractivity contribution in [3.63, 3.8) is 0 Å². The molecule has 0 amide bonds. The predicted molar refractivity (Wildman–Crippen MR) is 80.9 cm³/mol. The number of hydrogen-bond donors (Lipinski definition) is 1. The highest BCUT2D eigenvalue weighted by Crippen LogP contribution is 2.39. The standard InChI is InChI=1S/C17H27FN2/c1-11(2)20-17(16-6-5-15(18)10-19-16)14-8-12(3)7-13(4)9-14/h5-6,10-14,17,20H,7-9H2,1-4H3. The van der Waals surface area contributed by atoms with Crippen LogP contribution in [-0.2, 0) is 0 Å². The van der Waals surface area contributed by atoms with E-state index < -0.39 is 0 Å². The Labute approximate surface area is 122 Å². The molecule has 2 rings (SSSR count). The fourth-order valence-electron chi connectivity index (χ4n) is 3.67. The summed E-state index contributed by atoms with van der Waals surface area (Å²) >= 11 is 0. The quantitative estimate of drug-likeness (QED) is 0.886. The molecule has 20 heavy (non-hydrogen) atoms. The Balaban J connectivity index is 2.20. The number of hydrogen-bond acceptors (Lipinski definition) is 2. The Morgan fingerprint density at radius 3 is 2.30 bits per heavy atom. The molecule has 0 bridgehead atoms. The molecule has 3 heteroatoms. The van der Waals surface area contributed by atoms with Gasteiger partial charge in [-0.05, 0) is 49.1 Å². The molecular formula is C17H27FN2. The van der Waals surface area contributed by atoms with Crippen molar-refractivity contribution < 1.29 is 4.39 Å². The number of nitrogens with one attached hydrogen (secondary N) is 1. The summed E-state index contributed by atoms with van der Waals surface area (Å²) in [6.07, 6.45) is 5.11. The summed E-state index contributed by atoms with van der Waals surface area (Å²) in [5.41, 5.74) is 0.978. The van der Waals surface area contributed by atoms with Crippen LogP contribution in [0.1, 0.15) is 58.7 Å². The zero-order chi connectivity index (χ0) is 14.7. The van der Waals surface area contributed by atoms with E-state index in [9.17, 15) is 4.39 Å². The van der Waals surface area contributed by atoms with Gasteiger partial charge >= 0.3 is 0 Å². The second-order valence-corrected chi connectivity index (χ2v) is 6.88. The zero-order valence-electron chi connectivity index (χ0n) is 13.1. The van der Waals surface area contributed by atoms with Gasteiger partial charge in [-0.15, -0.1) is 0 Å². The van der Waals surface area contributed by atoms with Crippen LogP contribution in [0, 0.1) is 23.6 Å². The van der Waals surface area contributed by atoms with Crippen LogP contribution in [0.15, 0.2) is 18.3 Å². The minimum absolute atomic E-state index is 0.237. The van der Waals surface area contributed by atoms with Gasteiger partial charge in [-0.1, -0.05) is 27.7 Å². The third-order valence-corrected chi connectivity index (χ3v) is 4.27. The SMILES string of the molecule is CC1CC(C)CC(C(NC(C)C)c2ccc(F)cn2)C1. The topological polar surface area (TPSA) is 24.9 Å². The summed E-state index contributed by atoms with van der Waals surface area (Å²) < 4.78 is 13.1. The van der Waals surface area contributed by atoms with E-state index in [4.69, 9.17) is 0 Å². The van der Waals surface area contributed by atoms with Crippen LogP contribution >= 0.6 is 0 Å². The first kappa shape index (κ1) is 15.4. The van der Waals surface area contributed by atoms with Gasteiger partial charge in [0.2, 0.25) is 0 Å². The van der Waals surface area contributed by atoms with E-state index in [1.807, 2.05) is 6.07 Å². The Morgan fingerprint density at radius 2 is 1.80 bits per heavy atom. The van der Waals surface area contributed by atoms with Gasteiger partial charge in [0.25, 0.3) is 0 Å². The number of rotatable bonds is 4. The van der Waals surface area contributed by atoms with Gasteiger partial charge < -0.3 is 5.32 Å². The molecule has 1 aromatic heterocycles. The Bertz CT molecular complexity index is 406. The minimum atomic E-state index is -0.262. The molecule has 1 heterocycles. The zero-order valence-corrected chi connectivity index (χ0v) is 13.1. The van der Waals surface area contributed by atoms with E-state index in [2.05, 4.69) is 38.0 Å². The van der Waals surface area contributed by atoms with E-state index in [1.165, 1.54) is 31.5 Å². The Hall–Kier alpha value is -0.960. The lowest BCUT2D eigenvalue weighted by Gasteiger charge is -2.37. The normalized spacial score (nSPS) is 28.6. The summed E-state index contributed by atoms with van der Waals surface area (Å²) in [4.78, 5) is 4.32. The fourth-order valence-corrected chi connectivity index (χ4v) is 3.67. The minimum Gasteiger partial charge on any atom is -0.306 e. The van der Waals surface area contributed by atoms with Crippen LogP contribution in [0.25, 0.3) is 0 Å². The van der Waals surface area contributed by atoms with Crippen molar-refractivity contribution in [2.24, 2.45) is 17.8 Å². The highest BCUT2D eigenvalue weighted by Gasteiger charge is 2.31. The lowest BCUT2D eigenvalue weighted by molar-refractivity contribution is 0.169. The smallest absolute Gasteiger partial charge is 0.141 e. The van der Waals surface area contributed by atoms with Gasteiger partial charge in [0, 0.05) is 6.04 Å². The molecule has 112 valence electrons. The van der Waals surface area contributed by atoms with E-state index in [0.29, 0.717) is 12.0 Å². The van der Waals surface area contributed by atoms with Gasteiger partial charge in [0.1, 0.15) is 5.82 Å². The predicted octanol–water partition coefficient (Wildman–Crippen LogP) is 4.33. The van der Waals surface area contributed by atoms with Crippen LogP contribution in [0.5, 0.6) is 0 Å². The van der Waals surface area contributed by atoms with E-state index in [1.54, 1.807) is 0 Å². The van der Waals surface area contributed by atoms with Crippen LogP contribution in [-0.4, -0.2) is 11.0 Å². The average Bonchev–Trinajstić information content (AvgIpc) is 2.35. The number of halogens is 1. The van der Waals surface area contributed by atoms with Crippen molar-refractivity contribution in [3.05, 3.63) is 29.8 Å². The first-order valence-corrected chi connectivity index (χ1v) is 7.83. The van der Waals surface area contributed by atoms with Gasteiger partial charge in [-0.2, -0.15) is 0 Å². The highest BCUT2D eigenvalue weighted by atomic mass is 19.1. The summed E-state index contributed by atoms with van der Waals surface area (Å²) in [5.74, 6) is 1.86. The van der Waals surface area contributed by atoms with Crippen molar-refractivity contribution >= 4 is 0 Å². The third kappa shape index (κ3) is 4.02. The van der Waals surface area contributed by atoms with Crippen LogP contribution in [0.3, 0.4) is 0 Å². The molecule has 1 fully saturated rings. The van der Waals surface area contributed by atoms with Crippen molar-refractivity contribution in [2.45, 2.75) is 59.0 Å². The maximum Gasteiger partial charge on any atom is 0.141 e. The van der Waals surface area contributed by atoms with Crippen LogP contribution in [0.4, 0.5) is 4.39 Å². The van der Waals surface area contributed by atoms with Crippen molar-refractivity contribution in [1.82, 2.24) is 10.3 Å². The molecule has 3 atom stereocenters. The van der Waals surface area contributed by atoms with Crippen LogP contribution in [0.2, 0.25) is 0 Å². The number of aromatic nitrogens is 1. The fraction of sp³-hybridized carbons (Fsp3) is 0.706. The van der Waals surface area contributed by atoms with Gasteiger partial charge in [0.05, 0.1) is 17.9 Å².